The number of amides is 1. The van der Waals surface area contributed by atoms with E-state index in [1.54, 1.807) is 25.1 Å². The lowest BCUT2D eigenvalue weighted by molar-refractivity contribution is -0.137. The molecule has 0 spiro atoms. The lowest BCUT2D eigenvalue weighted by Crippen LogP contribution is -2.31. The number of carboxylic acid groups (broad SMARTS) is 1. The van der Waals surface area contributed by atoms with E-state index in [1.807, 2.05) is 0 Å². The van der Waals surface area contributed by atoms with E-state index in [0.29, 0.717) is 22.0 Å². The SMILES string of the molecule is CC(CCC(=O)O)NC(=O)C=Cc1c(Cl)cccc1Cl. The highest BCUT2D eigenvalue weighted by atomic mass is 35.5. The molecule has 1 amide bonds. The Hall–Kier alpha value is -1.52. The number of rotatable bonds is 6. The Labute approximate surface area is 127 Å². The van der Waals surface area contributed by atoms with E-state index in [-0.39, 0.29) is 18.4 Å². The third kappa shape index (κ3) is 5.63. The number of halogens is 2. The molecule has 20 heavy (non-hydrogen) atoms. The van der Waals surface area contributed by atoms with Crippen LogP contribution < -0.4 is 5.32 Å². The molecule has 4 nitrogen and oxygen atoms in total. The Morgan fingerprint density at radius 2 is 1.95 bits per heavy atom. The number of aliphatic carboxylic acids is 1. The van der Waals surface area contributed by atoms with Crippen LogP contribution in [0.25, 0.3) is 6.08 Å². The molecule has 1 aromatic carbocycles. The van der Waals surface area contributed by atoms with Gasteiger partial charge in [0.2, 0.25) is 5.91 Å². The summed E-state index contributed by atoms with van der Waals surface area (Å²) in [7, 11) is 0. The first-order chi connectivity index (χ1) is 9.40. The van der Waals surface area contributed by atoms with Gasteiger partial charge >= 0.3 is 5.97 Å². The van der Waals surface area contributed by atoms with Crippen LogP contribution in [-0.2, 0) is 9.59 Å². The molecule has 1 rings (SSSR count). The fourth-order valence-electron chi connectivity index (χ4n) is 1.53. The molecular formula is C14H15Cl2NO3. The van der Waals surface area contributed by atoms with Crippen molar-refractivity contribution in [1.29, 1.82) is 0 Å². The fraction of sp³-hybridized carbons (Fsp3) is 0.286. The molecule has 0 aliphatic carbocycles. The Balaban J connectivity index is 2.57. The summed E-state index contributed by atoms with van der Waals surface area (Å²) in [4.78, 5) is 22.1. The van der Waals surface area contributed by atoms with Crippen molar-refractivity contribution in [2.45, 2.75) is 25.8 Å². The normalized spacial score (nSPS) is 12.3. The molecule has 1 atom stereocenters. The number of benzene rings is 1. The van der Waals surface area contributed by atoms with Crippen molar-refractivity contribution in [3.8, 4) is 0 Å². The van der Waals surface area contributed by atoms with E-state index in [9.17, 15) is 9.59 Å². The van der Waals surface area contributed by atoms with E-state index in [4.69, 9.17) is 28.3 Å². The maximum atomic E-state index is 11.7. The standard InChI is InChI=1S/C14H15Cl2NO3/c1-9(5-8-14(19)20)17-13(18)7-6-10-11(15)3-2-4-12(10)16/h2-4,6-7,9H,5,8H2,1H3,(H,17,18)(H,19,20). The van der Waals surface area contributed by atoms with Gasteiger partial charge in [-0.15, -0.1) is 0 Å². The zero-order chi connectivity index (χ0) is 15.1. The molecule has 0 saturated carbocycles. The molecule has 0 aliphatic heterocycles. The molecular weight excluding hydrogens is 301 g/mol. The first-order valence-electron chi connectivity index (χ1n) is 6.04. The zero-order valence-electron chi connectivity index (χ0n) is 10.9. The molecule has 6 heteroatoms. The molecule has 2 N–H and O–H groups in total. The van der Waals surface area contributed by atoms with Crippen LogP contribution in [0.5, 0.6) is 0 Å². The fourth-order valence-corrected chi connectivity index (χ4v) is 2.06. The van der Waals surface area contributed by atoms with Gasteiger partial charge < -0.3 is 10.4 Å². The Bertz CT molecular complexity index is 509. The first-order valence-corrected chi connectivity index (χ1v) is 6.80. The number of hydrogen-bond acceptors (Lipinski definition) is 2. The minimum absolute atomic E-state index is 0.0154. The Morgan fingerprint density at radius 1 is 1.35 bits per heavy atom. The molecule has 0 aromatic heterocycles. The largest absolute Gasteiger partial charge is 0.481 e. The smallest absolute Gasteiger partial charge is 0.303 e. The van der Waals surface area contributed by atoms with Crippen molar-refractivity contribution in [1.82, 2.24) is 5.32 Å². The van der Waals surface area contributed by atoms with E-state index in [2.05, 4.69) is 5.32 Å². The molecule has 0 fully saturated rings. The predicted molar refractivity (Wildman–Crippen MR) is 80.0 cm³/mol. The second-order valence-corrected chi connectivity index (χ2v) is 5.13. The maximum absolute atomic E-state index is 11.7. The lowest BCUT2D eigenvalue weighted by atomic mass is 10.1. The van der Waals surface area contributed by atoms with Gasteiger partial charge in [-0.3, -0.25) is 9.59 Å². The van der Waals surface area contributed by atoms with Crippen molar-refractivity contribution < 1.29 is 14.7 Å². The van der Waals surface area contributed by atoms with Crippen LogP contribution in [0.2, 0.25) is 10.0 Å². The lowest BCUT2D eigenvalue weighted by Gasteiger charge is -2.10. The summed E-state index contributed by atoms with van der Waals surface area (Å²) in [5.41, 5.74) is 0.573. The molecule has 0 radical (unpaired) electrons. The van der Waals surface area contributed by atoms with Crippen LogP contribution in [0.1, 0.15) is 25.3 Å². The average molecular weight is 316 g/mol. The summed E-state index contributed by atoms with van der Waals surface area (Å²) in [6.45, 7) is 1.75. The molecule has 108 valence electrons. The second kappa shape index (κ2) is 7.92. The molecule has 0 heterocycles. The monoisotopic (exact) mass is 315 g/mol. The molecule has 0 bridgehead atoms. The predicted octanol–water partition coefficient (Wildman–Crippen LogP) is 3.38. The maximum Gasteiger partial charge on any atom is 0.303 e. The zero-order valence-corrected chi connectivity index (χ0v) is 12.4. The van der Waals surface area contributed by atoms with E-state index >= 15 is 0 Å². The van der Waals surface area contributed by atoms with Gasteiger partial charge in [0.25, 0.3) is 0 Å². The Kier molecular flexibility index (Phi) is 6.55. The highest BCUT2D eigenvalue weighted by Crippen LogP contribution is 2.25. The van der Waals surface area contributed by atoms with Gasteiger partial charge in [0.05, 0.1) is 0 Å². The summed E-state index contributed by atoms with van der Waals surface area (Å²) in [5, 5.41) is 12.1. The summed E-state index contributed by atoms with van der Waals surface area (Å²) in [6.07, 6.45) is 3.25. The van der Waals surface area contributed by atoms with Crippen LogP contribution in [0.4, 0.5) is 0 Å². The van der Waals surface area contributed by atoms with Gasteiger partial charge in [-0.05, 0) is 31.6 Å². The summed E-state index contributed by atoms with van der Waals surface area (Å²) in [6, 6.07) is 4.86. The second-order valence-electron chi connectivity index (χ2n) is 4.31. The van der Waals surface area contributed by atoms with Crippen molar-refractivity contribution in [3.05, 3.63) is 39.9 Å². The topological polar surface area (TPSA) is 66.4 Å². The van der Waals surface area contributed by atoms with E-state index in [0.717, 1.165) is 0 Å². The van der Waals surface area contributed by atoms with Gasteiger partial charge in [0.15, 0.2) is 0 Å². The third-order valence-corrected chi connectivity index (χ3v) is 3.24. The highest BCUT2D eigenvalue weighted by molar-refractivity contribution is 6.37. The van der Waals surface area contributed by atoms with Crippen LogP contribution in [0.3, 0.4) is 0 Å². The van der Waals surface area contributed by atoms with Gasteiger partial charge in [-0.2, -0.15) is 0 Å². The molecule has 0 aliphatic rings. The van der Waals surface area contributed by atoms with Crippen LogP contribution in [0.15, 0.2) is 24.3 Å². The summed E-state index contributed by atoms with van der Waals surface area (Å²) in [5.74, 6) is -1.21. The number of carbonyl (C=O) groups is 2. The highest BCUT2D eigenvalue weighted by Gasteiger charge is 2.08. The van der Waals surface area contributed by atoms with E-state index in [1.165, 1.54) is 12.2 Å². The first kappa shape index (κ1) is 16.5. The number of carboxylic acids is 1. The average Bonchev–Trinajstić information content (AvgIpc) is 2.35. The quantitative estimate of drug-likeness (QED) is 0.791. The number of carbonyl (C=O) groups excluding carboxylic acids is 1. The third-order valence-electron chi connectivity index (χ3n) is 2.58. The minimum Gasteiger partial charge on any atom is -0.481 e. The minimum atomic E-state index is -0.885. The molecule has 0 saturated heterocycles. The van der Waals surface area contributed by atoms with Gasteiger partial charge in [0.1, 0.15) is 0 Å². The van der Waals surface area contributed by atoms with Crippen molar-refractivity contribution in [2.24, 2.45) is 0 Å². The van der Waals surface area contributed by atoms with Crippen LogP contribution >= 0.6 is 23.2 Å². The van der Waals surface area contributed by atoms with Crippen molar-refractivity contribution >= 4 is 41.2 Å². The Morgan fingerprint density at radius 3 is 2.50 bits per heavy atom. The van der Waals surface area contributed by atoms with Gasteiger partial charge in [0, 0.05) is 34.1 Å². The molecule has 1 unspecified atom stereocenters. The van der Waals surface area contributed by atoms with Crippen LogP contribution in [0, 0.1) is 0 Å². The van der Waals surface area contributed by atoms with Crippen LogP contribution in [-0.4, -0.2) is 23.0 Å². The van der Waals surface area contributed by atoms with Gasteiger partial charge in [-0.25, -0.2) is 0 Å². The molecule has 1 aromatic rings. The summed E-state index contributed by atoms with van der Waals surface area (Å²) < 4.78 is 0. The number of hydrogen-bond donors (Lipinski definition) is 2. The van der Waals surface area contributed by atoms with Crippen molar-refractivity contribution in [2.75, 3.05) is 0 Å². The van der Waals surface area contributed by atoms with Gasteiger partial charge in [-0.1, -0.05) is 29.3 Å². The number of nitrogens with one attached hydrogen (secondary N) is 1. The summed E-state index contributed by atoms with van der Waals surface area (Å²) >= 11 is 11.9. The van der Waals surface area contributed by atoms with Crippen molar-refractivity contribution in [3.63, 3.8) is 0 Å². The van der Waals surface area contributed by atoms with E-state index < -0.39 is 5.97 Å².